The van der Waals surface area contributed by atoms with Crippen LogP contribution in [-0.2, 0) is 4.74 Å². The number of morpholine rings is 1. The Kier molecular flexibility index (Phi) is 9.44. The lowest BCUT2D eigenvalue weighted by Crippen LogP contribution is -2.38. The molecular weight excluding hydrogens is 547 g/mol. The molecule has 2 aromatic heterocycles. The van der Waals surface area contributed by atoms with Crippen LogP contribution in [0.4, 0.5) is 21.2 Å². The van der Waals surface area contributed by atoms with E-state index in [0.717, 1.165) is 60.7 Å². The predicted octanol–water partition coefficient (Wildman–Crippen LogP) is 5.31. The van der Waals surface area contributed by atoms with Gasteiger partial charge in [0.2, 0.25) is 5.95 Å². The molecule has 2 aromatic carbocycles. The summed E-state index contributed by atoms with van der Waals surface area (Å²) in [6.45, 7) is 7.03. The van der Waals surface area contributed by atoms with Crippen LogP contribution in [-0.4, -0.2) is 80.1 Å². The Hall–Kier alpha value is -4.00. The highest BCUT2D eigenvalue weighted by Crippen LogP contribution is 2.40. The number of anilines is 3. The Morgan fingerprint density at radius 2 is 1.80 bits per heavy atom. The fraction of sp³-hybridized carbons (Fsp3) is 0.345. The van der Waals surface area contributed by atoms with Gasteiger partial charge in [0.1, 0.15) is 18.1 Å². The molecule has 0 aliphatic carbocycles. The zero-order chi connectivity index (χ0) is 28.6. The van der Waals surface area contributed by atoms with E-state index >= 15 is 0 Å². The van der Waals surface area contributed by atoms with Crippen molar-refractivity contribution in [2.24, 2.45) is 0 Å². The van der Waals surface area contributed by atoms with Crippen LogP contribution in [0.25, 0.3) is 21.8 Å². The molecule has 3 heterocycles. The van der Waals surface area contributed by atoms with Crippen molar-refractivity contribution in [3.8, 4) is 39.1 Å². The largest absolute Gasteiger partial charge is 0.497 e. The Bertz CT molecular complexity index is 1440. The molecule has 0 spiro atoms. The van der Waals surface area contributed by atoms with Gasteiger partial charge in [-0.15, -0.1) is 0 Å². The minimum absolute atomic E-state index is 0.206. The molecule has 4 aromatic rings. The van der Waals surface area contributed by atoms with Gasteiger partial charge in [-0.2, -0.15) is 0 Å². The summed E-state index contributed by atoms with van der Waals surface area (Å²) in [6.07, 6.45) is 1.66. The lowest BCUT2D eigenvalue weighted by atomic mass is 10.1. The van der Waals surface area contributed by atoms with Crippen LogP contribution >= 0.6 is 11.3 Å². The molecule has 0 atom stereocenters. The fourth-order valence-corrected chi connectivity index (χ4v) is 5.37. The van der Waals surface area contributed by atoms with E-state index in [1.807, 2.05) is 31.2 Å². The predicted molar refractivity (Wildman–Crippen MR) is 158 cm³/mol. The molecule has 0 saturated carbocycles. The molecule has 1 saturated heterocycles. The standard InChI is InChI=1S/C29H33FN6O4S/c1-4-31-29-35-26(19-15-21(37-2)18-22(16-19)38-3)27(41-29)24-7-8-32-28(34-24)33-20-5-6-25(23(30)17-20)40-14-11-36-9-12-39-13-10-36/h5-8,15-18H,4,9-14H2,1-3H3,(H,31,35)(H,32,33,34). The van der Waals surface area contributed by atoms with Gasteiger partial charge in [0.25, 0.3) is 0 Å². The fourth-order valence-electron chi connectivity index (χ4n) is 4.34. The zero-order valence-electron chi connectivity index (χ0n) is 23.3. The highest BCUT2D eigenvalue weighted by atomic mass is 32.1. The van der Waals surface area contributed by atoms with Crippen LogP contribution in [0, 0.1) is 5.82 Å². The highest BCUT2D eigenvalue weighted by molar-refractivity contribution is 7.19. The summed E-state index contributed by atoms with van der Waals surface area (Å²) in [4.78, 5) is 17.0. The number of thiazole rings is 1. The summed E-state index contributed by atoms with van der Waals surface area (Å²) in [6, 6.07) is 12.2. The third-order valence-corrected chi connectivity index (χ3v) is 7.46. The minimum atomic E-state index is -0.458. The molecular formula is C29H33FN6O4S. The first-order valence-electron chi connectivity index (χ1n) is 13.4. The quantitative estimate of drug-likeness (QED) is 0.229. The van der Waals surface area contributed by atoms with Gasteiger partial charge in [-0.1, -0.05) is 11.3 Å². The van der Waals surface area contributed by atoms with E-state index < -0.39 is 5.82 Å². The van der Waals surface area contributed by atoms with Crippen molar-refractivity contribution in [1.82, 2.24) is 19.9 Å². The van der Waals surface area contributed by atoms with Gasteiger partial charge < -0.3 is 29.6 Å². The number of nitrogens with one attached hydrogen (secondary N) is 2. The van der Waals surface area contributed by atoms with Crippen LogP contribution in [0.2, 0.25) is 0 Å². The van der Waals surface area contributed by atoms with Gasteiger partial charge in [0.15, 0.2) is 16.7 Å². The molecule has 1 aliphatic heterocycles. The zero-order valence-corrected chi connectivity index (χ0v) is 24.1. The van der Waals surface area contributed by atoms with Gasteiger partial charge in [0.05, 0.1) is 43.7 Å². The van der Waals surface area contributed by atoms with Crippen LogP contribution in [0.1, 0.15) is 6.92 Å². The third-order valence-electron chi connectivity index (χ3n) is 6.43. The molecule has 216 valence electrons. The van der Waals surface area contributed by atoms with Gasteiger partial charge in [0, 0.05) is 55.8 Å². The van der Waals surface area contributed by atoms with Crippen molar-refractivity contribution < 1.29 is 23.3 Å². The number of aromatic nitrogens is 3. The van der Waals surface area contributed by atoms with Gasteiger partial charge in [-0.3, -0.25) is 4.90 Å². The second-order valence-electron chi connectivity index (χ2n) is 9.17. The molecule has 12 heteroatoms. The topological polar surface area (TPSA) is 103 Å². The van der Waals surface area contributed by atoms with Crippen LogP contribution in [0.5, 0.6) is 17.2 Å². The van der Waals surface area contributed by atoms with E-state index in [0.29, 0.717) is 35.4 Å². The Labute approximate surface area is 242 Å². The molecule has 0 unspecified atom stereocenters. The lowest BCUT2D eigenvalue weighted by molar-refractivity contribution is 0.0320. The maximum atomic E-state index is 14.8. The molecule has 41 heavy (non-hydrogen) atoms. The third kappa shape index (κ3) is 7.20. The minimum Gasteiger partial charge on any atom is -0.497 e. The molecule has 0 bridgehead atoms. The molecule has 0 amide bonds. The van der Waals surface area contributed by atoms with Crippen molar-refractivity contribution in [1.29, 1.82) is 0 Å². The highest BCUT2D eigenvalue weighted by Gasteiger charge is 2.19. The van der Waals surface area contributed by atoms with E-state index in [2.05, 4.69) is 20.5 Å². The molecule has 1 aliphatic rings. The van der Waals surface area contributed by atoms with Gasteiger partial charge in [-0.05, 0) is 37.3 Å². The first kappa shape index (κ1) is 28.5. The number of rotatable bonds is 12. The van der Waals surface area contributed by atoms with E-state index in [1.165, 1.54) is 17.4 Å². The number of ether oxygens (including phenoxy) is 4. The number of nitrogens with zero attached hydrogens (tertiary/aromatic N) is 4. The van der Waals surface area contributed by atoms with E-state index in [9.17, 15) is 4.39 Å². The van der Waals surface area contributed by atoms with Crippen molar-refractivity contribution in [2.75, 3.05) is 70.9 Å². The summed E-state index contributed by atoms with van der Waals surface area (Å²) in [5, 5.41) is 7.16. The first-order valence-corrected chi connectivity index (χ1v) is 14.2. The van der Waals surface area contributed by atoms with Crippen molar-refractivity contribution in [3.63, 3.8) is 0 Å². The van der Waals surface area contributed by atoms with Crippen LogP contribution < -0.4 is 24.8 Å². The normalized spacial score (nSPS) is 13.6. The van der Waals surface area contributed by atoms with E-state index in [1.54, 1.807) is 32.5 Å². The van der Waals surface area contributed by atoms with Crippen molar-refractivity contribution in [2.45, 2.75) is 6.92 Å². The maximum absolute atomic E-state index is 14.8. The monoisotopic (exact) mass is 580 g/mol. The van der Waals surface area contributed by atoms with E-state index in [4.69, 9.17) is 28.9 Å². The molecule has 0 radical (unpaired) electrons. The SMILES string of the molecule is CCNc1nc(-c2cc(OC)cc(OC)c2)c(-c2ccnc(Nc3ccc(OCCN4CCOCC4)c(F)c3)n2)s1. The summed E-state index contributed by atoms with van der Waals surface area (Å²) in [5.74, 6) is 1.39. The summed E-state index contributed by atoms with van der Waals surface area (Å²) < 4.78 is 36.8. The van der Waals surface area contributed by atoms with Crippen molar-refractivity contribution in [3.05, 3.63) is 54.5 Å². The summed E-state index contributed by atoms with van der Waals surface area (Å²) in [5.41, 5.74) is 2.74. The Balaban J connectivity index is 1.34. The Morgan fingerprint density at radius 3 is 2.51 bits per heavy atom. The van der Waals surface area contributed by atoms with Gasteiger partial charge in [-0.25, -0.2) is 19.3 Å². The summed E-state index contributed by atoms with van der Waals surface area (Å²) in [7, 11) is 3.22. The average molecular weight is 581 g/mol. The number of halogens is 1. The van der Waals surface area contributed by atoms with E-state index in [-0.39, 0.29) is 5.75 Å². The lowest BCUT2D eigenvalue weighted by Gasteiger charge is -2.26. The van der Waals surface area contributed by atoms with Crippen molar-refractivity contribution >= 4 is 28.1 Å². The Morgan fingerprint density at radius 1 is 1.02 bits per heavy atom. The number of hydrogen-bond donors (Lipinski definition) is 2. The number of hydrogen-bond acceptors (Lipinski definition) is 11. The smallest absolute Gasteiger partial charge is 0.227 e. The first-order chi connectivity index (χ1) is 20.1. The number of methoxy groups -OCH3 is 2. The van der Waals surface area contributed by atoms with Crippen LogP contribution in [0.3, 0.4) is 0 Å². The second-order valence-corrected chi connectivity index (χ2v) is 10.2. The second kappa shape index (κ2) is 13.6. The summed E-state index contributed by atoms with van der Waals surface area (Å²) >= 11 is 1.49. The molecule has 1 fully saturated rings. The van der Waals surface area contributed by atoms with Gasteiger partial charge >= 0.3 is 0 Å². The molecule has 2 N–H and O–H groups in total. The maximum Gasteiger partial charge on any atom is 0.227 e. The molecule has 5 rings (SSSR count). The molecule has 10 nitrogen and oxygen atoms in total. The average Bonchev–Trinajstić information content (AvgIpc) is 3.43. The van der Waals surface area contributed by atoms with Crippen LogP contribution in [0.15, 0.2) is 48.7 Å². The number of benzene rings is 2.